The SMILES string of the molecule is CC1CCNC(C)C1NC(=O)c1ccc(F)c(C(F)(F)F)c1. The quantitative estimate of drug-likeness (QED) is 0.823. The van der Waals surface area contributed by atoms with E-state index in [-0.39, 0.29) is 23.6 Å². The van der Waals surface area contributed by atoms with Gasteiger partial charge < -0.3 is 10.6 Å². The summed E-state index contributed by atoms with van der Waals surface area (Å²) in [7, 11) is 0. The van der Waals surface area contributed by atoms with Gasteiger partial charge in [0.05, 0.1) is 5.56 Å². The van der Waals surface area contributed by atoms with Crippen LogP contribution in [-0.2, 0) is 6.18 Å². The first-order valence-corrected chi connectivity index (χ1v) is 7.11. The Hall–Kier alpha value is -1.63. The summed E-state index contributed by atoms with van der Waals surface area (Å²) in [4.78, 5) is 12.2. The average molecular weight is 318 g/mol. The van der Waals surface area contributed by atoms with E-state index >= 15 is 0 Å². The summed E-state index contributed by atoms with van der Waals surface area (Å²) in [5.74, 6) is -1.80. The van der Waals surface area contributed by atoms with E-state index < -0.39 is 23.5 Å². The zero-order valence-electron chi connectivity index (χ0n) is 12.3. The molecule has 2 rings (SSSR count). The largest absolute Gasteiger partial charge is 0.419 e. The van der Waals surface area contributed by atoms with Gasteiger partial charge in [-0.05, 0) is 44.0 Å². The molecular weight excluding hydrogens is 300 g/mol. The Morgan fingerprint density at radius 2 is 2.00 bits per heavy atom. The molecule has 1 aliphatic rings. The molecule has 7 heteroatoms. The van der Waals surface area contributed by atoms with E-state index in [0.717, 1.165) is 19.0 Å². The first kappa shape index (κ1) is 16.7. The molecule has 122 valence electrons. The molecule has 1 fully saturated rings. The molecule has 0 spiro atoms. The maximum absolute atomic E-state index is 13.2. The van der Waals surface area contributed by atoms with E-state index in [4.69, 9.17) is 0 Å². The molecule has 3 nitrogen and oxygen atoms in total. The average Bonchev–Trinajstić information content (AvgIpc) is 2.42. The fourth-order valence-corrected chi connectivity index (χ4v) is 2.72. The van der Waals surface area contributed by atoms with E-state index in [1.165, 1.54) is 0 Å². The monoisotopic (exact) mass is 318 g/mol. The van der Waals surface area contributed by atoms with Crippen LogP contribution in [0.3, 0.4) is 0 Å². The number of carbonyl (C=O) groups excluding carboxylic acids is 1. The molecule has 0 saturated carbocycles. The van der Waals surface area contributed by atoms with Crippen LogP contribution in [0.2, 0.25) is 0 Å². The predicted molar refractivity (Wildman–Crippen MR) is 73.9 cm³/mol. The molecule has 1 aromatic carbocycles. The summed E-state index contributed by atoms with van der Waals surface area (Å²) in [6.07, 6.45) is -3.96. The molecule has 3 atom stereocenters. The van der Waals surface area contributed by atoms with E-state index in [1.807, 2.05) is 13.8 Å². The Balaban J connectivity index is 2.19. The lowest BCUT2D eigenvalue weighted by Gasteiger charge is -2.36. The second kappa shape index (κ2) is 6.24. The van der Waals surface area contributed by atoms with Gasteiger partial charge in [-0.1, -0.05) is 6.92 Å². The van der Waals surface area contributed by atoms with Gasteiger partial charge in [0.1, 0.15) is 5.82 Å². The van der Waals surface area contributed by atoms with Crippen LogP contribution in [0.25, 0.3) is 0 Å². The molecule has 0 aliphatic carbocycles. The van der Waals surface area contributed by atoms with Crippen molar-refractivity contribution in [3.05, 3.63) is 35.1 Å². The number of halogens is 4. The van der Waals surface area contributed by atoms with Crippen molar-refractivity contribution in [2.24, 2.45) is 5.92 Å². The number of amides is 1. The summed E-state index contributed by atoms with van der Waals surface area (Å²) in [6, 6.07) is 2.13. The van der Waals surface area contributed by atoms with Crippen molar-refractivity contribution < 1.29 is 22.4 Å². The van der Waals surface area contributed by atoms with Crippen molar-refractivity contribution in [2.75, 3.05) is 6.54 Å². The summed E-state index contributed by atoms with van der Waals surface area (Å²) in [5, 5.41) is 5.95. The van der Waals surface area contributed by atoms with Gasteiger partial charge in [-0.2, -0.15) is 13.2 Å². The molecule has 1 aliphatic heterocycles. The Morgan fingerprint density at radius 3 is 2.59 bits per heavy atom. The van der Waals surface area contributed by atoms with Gasteiger partial charge in [0.15, 0.2) is 0 Å². The first-order valence-electron chi connectivity index (χ1n) is 7.11. The van der Waals surface area contributed by atoms with Gasteiger partial charge in [0, 0.05) is 17.6 Å². The smallest absolute Gasteiger partial charge is 0.347 e. The van der Waals surface area contributed by atoms with Crippen LogP contribution in [0.5, 0.6) is 0 Å². The van der Waals surface area contributed by atoms with Crippen molar-refractivity contribution in [1.29, 1.82) is 0 Å². The molecule has 0 aromatic heterocycles. The third-order valence-electron chi connectivity index (χ3n) is 4.05. The van der Waals surface area contributed by atoms with Gasteiger partial charge in [-0.15, -0.1) is 0 Å². The summed E-state index contributed by atoms with van der Waals surface area (Å²) < 4.78 is 51.3. The summed E-state index contributed by atoms with van der Waals surface area (Å²) in [5.41, 5.74) is -1.62. The minimum Gasteiger partial charge on any atom is -0.347 e. The molecule has 1 saturated heterocycles. The molecule has 1 heterocycles. The van der Waals surface area contributed by atoms with Gasteiger partial charge >= 0.3 is 6.18 Å². The number of rotatable bonds is 2. The topological polar surface area (TPSA) is 41.1 Å². The Kier molecular flexibility index (Phi) is 4.75. The highest BCUT2D eigenvalue weighted by Gasteiger charge is 2.35. The van der Waals surface area contributed by atoms with Crippen molar-refractivity contribution in [3.63, 3.8) is 0 Å². The standard InChI is InChI=1S/C15H18F4N2O/c1-8-5-6-20-9(2)13(8)21-14(22)10-3-4-12(16)11(7-10)15(17,18)19/h3-4,7-9,13,20H,5-6H2,1-2H3,(H,21,22). The van der Waals surface area contributed by atoms with Crippen LogP contribution in [0.4, 0.5) is 17.6 Å². The third-order valence-corrected chi connectivity index (χ3v) is 4.05. The number of piperidine rings is 1. The van der Waals surface area contributed by atoms with Crippen LogP contribution in [-0.4, -0.2) is 24.5 Å². The molecule has 1 aromatic rings. The zero-order valence-corrected chi connectivity index (χ0v) is 12.3. The highest BCUT2D eigenvalue weighted by atomic mass is 19.4. The van der Waals surface area contributed by atoms with Crippen LogP contribution >= 0.6 is 0 Å². The van der Waals surface area contributed by atoms with Gasteiger partial charge in [0.2, 0.25) is 0 Å². The number of nitrogens with one attached hydrogen (secondary N) is 2. The lowest BCUT2D eigenvalue weighted by atomic mass is 9.89. The Morgan fingerprint density at radius 1 is 1.32 bits per heavy atom. The van der Waals surface area contributed by atoms with Crippen LogP contribution in [0.15, 0.2) is 18.2 Å². The molecule has 3 unspecified atom stereocenters. The number of carbonyl (C=O) groups is 1. The number of hydrogen-bond acceptors (Lipinski definition) is 2. The maximum Gasteiger partial charge on any atom is 0.419 e. The third kappa shape index (κ3) is 3.58. The number of benzene rings is 1. The van der Waals surface area contributed by atoms with Gasteiger partial charge in [-0.25, -0.2) is 4.39 Å². The van der Waals surface area contributed by atoms with Crippen molar-refractivity contribution in [2.45, 2.75) is 38.5 Å². The molecule has 0 radical (unpaired) electrons. The lowest BCUT2D eigenvalue weighted by Crippen LogP contribution is -2.55. The second-order valence-corrected chi connectivity index (χ2v) is 5.70. The first-order chi connectivity index (χ1) is 10.2. The fraction of sp³-hybridized carbons (Fsp3) is 0.533. The van der Waals surface area contributed by atoms with Gasteiger partial charge in [0.25, 0.3) is 5.91 Å². The number of alkyl halides is 3. The van der Waals surface area contributed by atoms with Crippen molar-refractivity contribution in [3.8, 4) is 0 Å². The van der Waals surface area contributed by atoms with Crippen LogP contribution < -0.4 is 10.6 Å². The van der Waals surface area contributed by atoms with E-state index in [9.17, 15) is 22.4 Å². The Bertz CT molecular complexity index is 549. The lowest BCUT2D eigenvalue weighted by molar-refractivity contribution is -0.140. The predicted octanol–water partition coefficient (Wildman–Crippen LogP) is 2.96. The van der Waals surface area contributed by atoms with Crippen molar-refractivity contribution in [1.82, 2.24) is 10.6 Å². The molecule has 0 bridgehead atoms. The maximum atomic E-state index is 13.2. The number of hydrogen-bond donors (Lipinski definition) is 2. The van der Waals surface area contributed by atoms with E-state index in [2.05, 4.69) is 10.6 Å². The summed E-state index contributed by atoms with van der Waals surface area (Å²) >= 11 is 0. The molecule has 2 N–H and O–H groups in total. The van der Waals surface area contributed by atoms with Crippen LogP contribution in [0.1, 0.15) is 36.2 Å². The fourth-order valence-electron chi connectivity index (χ4n) is 2.72. The molecular formula is C15H18F4N2O. The second-order valence-electron chi connectivity index (χ2n) is 5.70. The minimum atomic E-state index is -4.83. The highest BCUT2D eigenvalue weighted by Crippen LogP contribution is 2.32. The highest BCUT2D eigenvalue weighted by molar-refractivity contribution is 5.94. The van der Waals surface area contributed by atoms with E-state index in [0.29, 0.717) is 12.1 Å². The summed E-state index contributed by atoms with van der Waals surface area (Å²) in [6.45, 7) is 4.73. The van der Waals surface area contributed by atoms with Crippen LogP contribution in [0, 0.1) is 11.7 Å². The Labute approximate surface area is 126 Å². The normalized spacial score (nSPS) is 25.8. The zero-order chi connectivity index (χ0) is 16.5. The van der Waals surface area contributed by atoms with Gasteiger partial charge in [-0.3, -0.25) is 4.79 Å². The molecule has 22 heavy (non-hydrogen) atoms. The minimum absolute atomic E-state index is 0.0234. The van der Waals surface area contributed by atoms with Crippen molar-refractivity contribution >= 4 is 5.91 Å². The van der Waals surface area contributed by atoms with E-state index in [1.54, 1.807) is 0 Å². The molecule has 1 amide bonds.